The summed E-state index contributed by atoms with van der Waals surface area (Å²) < 4.78 is 5.71. The van der Waals surface area contributed by atoms with Crippen LogP contribution in [0, 0.1) is 11.8 Å². The molecule has 0 aliphatic carbocycles. The number of likely N-dealkylation sites (tertiary alicyclic amines) is 1. The molecule has 0 radical (unpaired) electrons. The van der Waals surface area contributed by atoms with Crippen LogP contribution in [0.1, 0.15) is 31.7 Å². The minimum absolute atomic E-state index is 0.0105. The number of carbonyl (C=O) groups excluding carboxylic acids is 2. The zero-order chi connectivity index (χ0) is 18.7. The van der Waals surface area contributed by atoms with E-state index in [1.165, 1.54) is 0 Å². The van der Waals surface area contributed by atoms with Crippen molar-refractivity contribution in [1.29, 1.82) is 0 Å². The second kappa shape index (κ2) is 7.76. The number of carboxylic acid groups (broad SMARTS) is 1. The van der Waals surface area contributed by atoms with Crippen LogP contribution < -0.4 is 10.1 Å². The summed E-state index contributed by atoms with van der Waals surface area (Å²) in [5.41, 5.74) is 1.89. The first kappa shape index (κ1) is 18.2. The van der Waals surface area contributed by atoms with Gasteiger partial charge in [-0.25, -0.2) is 0 Å². The van der Waals surface area contributed by atoms with E-state index in [9.17, 15) is 14.4 Å². The molecule has 26 heavy (non-hydrogen) atoms. The fourth-order valence-electron chi connectivity index (χ4n) is 3.51. The molecule has 2 amide bonds. The number of rotatable bonds is 6. The van der Waals surface area contributed by atoms with E-state index in [1.54, 1.807) is 4.90 Å². The Balaban J connectivity index is 1.42. The molecule has 2 atom stereocenters. The van der Waals surface area contributed by atoms with Crippen LogP contribution >= 0.6 is 0 Å². The average molecular weight is 360 g/mol. The van der Waals surface area contributed by atoms with Crippen LogP contribution in [0.4, 0.5) is 5.69 Å². The van der Waals surface area contributed by atoms with Crippen LogP contribution in [-0.2, 0) is 20.8 Å². The van der Waals surface area contributed by atoms with Gasteiger partial charge in [-0.1, -0.05) is 6.92 Å². The minimum atomic E-state index is -0.834. The third-order valence-electron chi connectivity index (χ3n) is 5.06. The summed E-state index contributed by atoms with van der Waals surface area (Å²) >= 11 is 0. The number of ether oxygens (including phenoxy) is 1. The monoisotopic (exact) mass is 360 g/mol. The van der Waals surface area contributed by atoms with Gasteiger partial charge in [-0.2, -0.15) is 0 Å². The second-order valence-corrected chi connectivity index (χ2v) is 7.04. The highest BCUT2D eigenvalue weighted by Crippen LogP contribution is 2.27. The van der Waals surface area contributed by atoms with Gasteiger partial charge in [0, 0.05) is 31.6 Å². The first-order valence-electron chi connectivity index (χ1n) is 9.00. The highest BCUT2D eigenvalue weighted by molar-refractivity contribution is 5.94. The lowest BCUT2D eigenvalue weighted by Gasteiger charge is -2.18. The summed E-state index contributed by atoms with van der Waals surface area (Å²) in [6.45, 7) is 3.09. The molecular weight excluding hydrogens is 336 g/mol. The zero-order valence-corrected chi connectivity index (χ0v) is 14.9. The Morgan fingerprint density at radius 1 is 1.31 bits per heavy atom. The number of benzene rings is 1. The van der Waals surface area contributed by atoms with Gasteiger partial charge in [0.05, 0.1) is 12.5 Å². The molecule has 3 rings (SSSR count). The van der Waals surface area contributed by atoms with Crippen molar-refractivity contribution in [3.8, 4) is 5.75 Å². The van der Waals surface area contributed by atoms with Crippen LogP contribution in [0.2, 0.25) is 0 Å². The number of carboxylic acids is 1. The van der Waals surface area contributed by atoms with Gasteiger partial charge in [-0.05, 0) is 42.5 Å². The minimum Gasteiger partial charge on any atom is -0.494 e. The zero-order valence-electron chi connectivity index (χ0n) is 14.9. The molecular formula is C19H24N2O5. The molecule has 2 N–H and O–H groups in total. The maximum absolute atomic E-state index is 12.2. The predicted octanol–water partition coefficient (Wildman–Crippen LogP) is 1.91. The van der Waals surface area contributed by atoms with Gasteiger partial charge < -0.3 is 20.1 Å². The van der Waals surface area contributed by atoms with Gasteiger partial charge in [0.25, 0.3) is 0 Å². The van der Waals surface area contributed by atoms with E-state index in [0.29, 0.717) is 45.4 Å². The number of amides is 2. The van der Waals surface area contributed by atoms with Crippen molar-refractivity contribution in [3.05, 3.63) is 23.8 Å². The van der Waals surface area contributed by atoms with Crippen molar-refractivity contribution < 1.29 is 24.2 Å². The molecule has 1 aromatic carbocycles. The number of fused-ring (bicyclic) bond motifs is 1. The fourth-order valence-corrected chi connectivity index (χ4v) is 3.51. The Labute approximate surface area is 152 Å². The highest BCUT2D eigenvalue weighted by Gasteiger charge is 2.36. The van der Waals surface area contributed by atoms with Gasteiger partial charge in [-0.15, -0.1) is 0 Å². The Kier molecular flexibility index (Phi) is 5.44. The molecule has 0 aromatic heterocycles. The van der Waals surface area contributed by atoms with Crippen LogP contribution in [0.5, 0.6) is 5.75 Å². The largest absolute Gasteiger partial charge is 0.494 e. The number of anilines is 1. The van der Waals surface area contributed by atoms with Crippen molar-refractivity contribution >= 4 is 23.5 Å². The molecule has 1 aromatic rings. The number of aryl methyl sites for hydroxylation is 1. The van der Waals surface area contributed by atoms with Gasteiger partial charge in [0.15, 0.2) is 0 Å². The fraction of sp³-hybridized carbons (Fsp3) is 0.526. The summed E-state index contributed by atoms with van der Waals surface area (Å²) in [4.78, 5) is 36.4. The molecule has 0 saturated carbocycles. The van der Waals surface area contributed by atoms with E-state index < -0.39 is 11.9 Å². The molecule has 7 nitrogen and oxygen atoms in total. The number of aliphatic carboxylic acids is 1. The molecule has 1 saturated heterocycles. The number of hydrogen-bond acceptors (Lipinski definition) is 4. The number of carbonyl (C=O) groups is 3. The first-order valence-corrected chi connectivity index (χ1v) is 9.00. The summed E-state index contributed by atoms with van der Waals surface area (Å²) in [6.07, 6.45) is 2.11. The first-order chi connectivity index (χ1) is 12.4. The molecule has 0 unspecified atom stereocenters. The number of nitrogens with one attached hydrogen (secondary N) is 1. The van der Waals surface area contributed by atoms with Crippen molar-refractivity contribution in [1.82, 2.24) is 4.90 Å². The van der Waals surface area contributed by atoms with E-state index in [2.05, 4.69) is 5.32 Å². The van der Waals surface area contributed by atoms with E-state index >= 15 is 0 Å². The lowest BCUT2D eigenvalue weighted by molar-refractivity contribution is -0.142. The van der Waals surface area contributed by atoms with Gasteiger partial charge in [-0.3, -0.25) is 14.4 Å². The summed E-state index contributed by atoms with van der Waals surface area (Å²) in [5.74, 6) is -0.564. The second-order valence-electron chi connectivity index (χ2n) is 7.04. The quantitative estimate of drug-likeness (QED) is 0.756. The van der Waals surface area contributed by atoms with Crippen molar-refractivity contribution in [2.75, 3.05) is 25.0 Å². The van der Waals surface area contributed by atoms with Crippen LogP contribution in [0.25, 0.3) is 0 Å². The lowest BCUT2D eigenvalue weighted by atomic mass is 9.99. The molecule has 2 aliphatic rings. The average Bonchev–Trinajstić information content (AvgIpc) is 3.00. The van der Waals surface area contributed by atoms with Crippen molar-refractivity contribution in [2.45, 2.75) is 32.6 Å². The summed E-state index contributed by atoms with van der Waals surface area (Å²) in [5, 5.41) is 12.0. The van der Waals surface area contributed by atoms with Gasteiger partial charge in [0.1, 0.15) is 5.75 Å². The van der Waals surface area contributed by atoms with Crippen molar-refractivity contribution in [3.63, 3.8) is 0 Å². The molecule has 7 heteroatoms. The Morgan fingerprint density at radius 2 is 2.12 bits per heavy atom. The van der Waals surface area contributed by atoms with E-state index in [1.807, 2.05) is 25.1 Å². The normalized spacial score (nSPS) is 21.9. The third-order valence-corrected chi connectivity index (χ3v) is 5.06. The van der Waals surface area contributed by atoms with E-state index in [0.717, 1.165) is 17.0 Å². The molecule has 140 valence electrons. The van der Waals surface area contributed by atoms with E-state index in [4.69, 9.17) is 9.84 Å². The number of hydrogen-bond donors (Lipinski definition) is 2. The lowest BCUT2D eigenvalue weighted by Crippen LogP contribution is -2.30. The van der Waals surface area contributed by atoms with Gasteiger partial charge >= 0.3 is 5.97 Å². The Bertz CT molecular complexity index is 718. The van der Waals surface area contributed by atoms with Gasteiger partial charge in [0.2, 0.25) is 11.8 Å². The summed E-state index contributed by atoms with van der Waals surface area (Å²) in [7, 11) is 0. The standard InChI is InChI=1S/C19H24N2O5/c1-12-10-21(11-15(12)19(24)25)18(23)3-2-8-26-14-5-6-16-13(9-14)4-7-17(22)20-16/h5-6,9,12,15H,2-4,7-8,10-11H2,1H3,(H,20,22)(H,24,25)/t12-,15-/m1/s1. The molecule has 2 aliphatic heterocycles. The molecule has 0 bridgehead atoms. The summed E-state index contributed by atoms with van der Waals surface area (Å²) in [6, 6.07) is 5.58. The topological polar surface area (TPSA) is 95.9 Å². The molecule has 1 fully saturated rings. The smallest absolute Gasteiger partial charge is 0.308 e. The molecule has 2 heterocycles. The Hall–Kier alpha value is -2.57. The maximum Gasteiger partial charge on any atom is 0.308 e. The Morgan fingerprint density at radius 3 is 2.85 bits per heavy atom. The predicted molar refractivity (Wildman–Crippen MR) is 95.0 cm³/mol. The third kappa shape index (κ3) is 4.15. The van der Waals surface area contributed by atoms with Crippen LogP contribution in [-0.4, -0.2) is 47.5 Å². The van der Waals surface area contributed by atoms with Crippen LogP contribution in [0.3, 0.4) is 0 Å². The highest BCUT2D eigenvalue weighted by atomic mass is 16.5. The maximum atomic E-state index is 12.2. The van der Waals surface area contributed by atoms with E-state index in [-0.39, 0.29) is 17.7 Å². The molecule has 0 spiro atoms. The van der Waals surface area contributed by atoms with Crippen LogP contribution in [0.15, 0.2) is 18.2 Å². The van der Waals surface area contributed by atoms with Crippen molar-refractivity contribution in [2.24, 2.45) is 11.8 Å². The number of nitrogens with zero attached hydrogens (tertiary/aromatic N) is 1. The SMILES string of the molecule is C[C@@H]1CN(C(=O)CCCOc2ccc3c(c2)CCC(=O)N3)C[C@H]1C(=O)O.